The number of ether oxygens (including phenoxy) is 3. The molecular weight excluding hydrogens is 428 g/mol. The highest BCUT2D eigenvalue weighted by Gasteiger charge is 2.40. The molecule has 162 valence electrons. The number of methoxy groups -OCH3 is 1. The van der Waals surface area contributed by atoms with Crippen molar-refractivity contribution < 1.29 is 23.9 Å². The molecule has 1 aromatic carbocycles. The summed E-state index contributed by atoms with van der Waals surface area (Å²) in [5.74, 6) is -0.422. The van der Waals surface area contributed by atoms with Crippen molar-refractivity contribution in [3.05, 3.63) is 55.0 Å². The molecule has 4 rings (SSSR count). The Hall–Kier alpha value is -3.54. The first-order valence-electron chi connectivity index (χ1n) is 9.26. The molecule has 2 N–H and O–H groups in total. The van der Waals surface area contributed by atoms with E-state index in [1.54, 1.807) is 6.92 Å². The van der Waals surface area contributed by atoms with E-state index in [1.165, 1.54) is 31.0 Å². The average molecular weight is 446 g/mol. The molecule has 2 aliphatic rings. The third-order valence-corrected chi connectivity index (χ3v) is 5.69. The van der Waals surface area contributed by atoms with Crippen molar-refractivity contribution in [2.75, 3.05) is 25.0 Å². The number of fused-ring (bicyclic) bond motifs is 2. The number of nitrogens with zero attached hydrogens (tertiary/aromatic N) is 2. The SMILES string of the molecule is CCSc1nc2c(c(=O)[nH]1)C(c1cc3c(cc1[N+](=O)[O-])OCO3)C(C(=O)OC)=C(C)N2. The van der Waals surface area contributed by atoms with Crippen molar-refractivity contribution in [1.82, 2.24) is 9.97 Å². The number of benzene rings is 1. The van der Waals surface area contributed by atoms with Gasteiger partial charge in [-0.2, -0.15) is 0 Å². The molecule has 1 unspecified atom stereocenters. The number of nitrogens with one attached hydrogen (secondary N) is 2. The van der Waals surface area contributed by atoms with Crippen molar-refractivity contribution in [3.63, 3.8) is 0 Å². The van der Waals surface area contributed by atoms with E-state index in [2.05, 4.69) is 15.3 Å². The summed E-state index contributed by atoms with van der Waals surface area (Å²) in [6, 6.07) is 2.65. The molecule has 0 amide bonds. The molecule has 0 radical (unpaired) electrons. The molecule has 11 nitrogen and oxygen atoms in total. The van der Waals surface area contributed by atoms with Crippen LogP contribution < -0.4 is 20.3 Å². The normalized spacial score (nSPS) is 16.5. The summed E-state index contributed by atoms with van der Waals surface area (Å²) in [5.41, 5.74) is -0.211. The zero-order valence-corrected chi connectivity index (χ0v) is 17.6. The van der Waals surface area contributed by atoms with Gasteiger partial charge < -0.3 is 24.5 Å². The maximum absolute atomic E-state index is 13.1. The van der Waals surface area contributed by atoms with E-state index in [-0.39, 0.29) is 46.5 Å². The highest BCUT2D eigenvalue weighted by Crippen LogP contribution is 2.47. The highest BCUT2D eigenvalue weighted by molar-refractivity contribution is 7.99. The summed E-state index contributed by atoms with van der Waals surface area (Å²) in [6.07, 6.45) is 0. The Morgan fingerprint density at radius 1 is 1.39 bits per heavy atom. The monoisotopic (exact) mass is 446 g/mol. The number of nitro benzene ring substituents is 1. The number of hydrogen-bond acceptors (Lipinski definition) is 10. The van der Waals surface area contributed by atoms with E-state index in [4.69, 9.17) is 14.2 Å². The summed E-state index contributed by atoms with van der Waals surface area (Å²) in [7, 11) is 1.20. The number of carbonyl (C=O) groups excluding carboxylic acids is 1. The minimum atomic E-state index is -1.10. The van der Waals surface area contributed by atoms with Gasteiger partial charge >= 0.3 is 5.97 Å². The molecule has 1 aromatic heterocycles. The van der Waals surface area contributed by atoms with Gasteiger partial charge in [-0.1, -0.05) is 18.7 Å². The Morgan fingerprint density at radius 2 is 2.10 bits per heavy atom. The summed E-state index contributed by atoms with van der Waals surface area (Å²) >= 11 is 1.34. The quantitative estimate of drug-likeness (QED) is 0.231. The maximum Gasteiger partial charge on any atom is 0.336 e. The smallest absolute Gasteiger partial charge is 0.336 e. The second-order valence-corrected chi connectivity index (χ2v) is 7.93. The van der Waals surface area contributed by atoms with Gasteiger partial charge in [0.1, 0.15) is 5.82 Å². The molecule has 12 heteroatoms. The molecule has 0 saturated heterocycles. The van der Waals surface area contributed by atoms with Crippen LogP contribution in [0.15, 0.2) is 33.4 Å². The van der Waals surface area contributed by atoms with Crippen molar-refractivity contribution >= 4 is 29.2 Å². The van der Waals surface area contributed by atoms with Crippen molar-refractivity contribution in [3.8, 4) is 11.5 Å². The number of hydrogen-bond donors (Lipinski definition) is 2. The van der Waals surface area contributed by atoms with Crippen LogP contribution in [0.2, 0.25) is 0 Å². The highest BCUT2D eigenvalue weighted by atomic mass is 32.2. The van der Waals surface area contributed by atoms with E-state index in [9.17, 15) is 19.7 Å². The number of aromatic amines is 1. The second kappa shape index (κ2) is 7.95. The number of nitro groups is 1. The van der Waals surface area contributed by atoms with Gasteiger partial charge in [0, 0.05) is 11.3 Å². The number of H-pyrrole nitrogens is 1. The maximum atomic E-state index is 13.1. The number of esters is 1. The minimum absolute atomic E-state index is 0.0696. The molecule has 2 aliphatic heterocycles. The third kappa shape index (κ3) is 3.48. The molecule has 0 aliphatic carbocycles. The van der Waals surface area contributed by atoms with E-state index >= 15 is 0 Å². The molecule has 1 atom stereocenters. The number of aromatic nitrogens is 2. The molecule has 0 saturated carbocycles. The molecule has 0 bridgehead atoms. The van der Waals surface area contributed by atoms with Gasteiger partial charge in [0.2, 0.25) is 6.79 Å². The van der Waals surface area contributed by atoms with Crippen molar-refractivity contribution in [2.45, 2.75) is 24.9 Å². The number of anilines is 1. The largest absolute Gasteiger partial charge is 0.466 e. The van der Waals surface area contributed by atoms with Gasteiger partial charge in [-0.05, 0) is 18.7 Å². The lowest BCUT2D eigenvalue weighted by Crippen LogP contribution is -2.31. The lowest BCUT2D eigenvalue weighted by molar-refractivity contribution is -0.385. The van der Waals surface area contributed by atoms with Gasteiger partial charge in [-0.25, -0.2) is 9.78 Å². The Kier molecular flexibility index (Phi) is 5.31. The van der Waals surface area contributed by atoms with Gasteiger partial charge in [0.05, 0.1) is 35.2 Å². The van der Waals surface area contributed by atoms with Crippen LogP contribution >= 0.6 is 11.8 Å². The predicted octanol–water partition coefficient (Wildman–Crippen LogP) is 2.52. The zero-order chi connectivity index (χ0) is 22.3. The summed E-state index contributed by atoms with van der Waals surface area (Å²) in [6.45, 7) is 3.45. The van der Waals surface area contributed by atoms with Crippen LogP contribution in [0.25, 0.3) is 0 Å². The summed E-state index contributed by atoms with van der Waals surface area (Å²) in [4.78, 5) is 44.2. The van der Waals surface area contributed by atoms with Crippen LogP contribution in [-0.4, -0.2) is 40.5 Å². The number of allylic oxidation sites excluding steroid dienone is 1. The van der Waals surface area contributed by atoms with Crippen LogP contribution in [0.3, 0.4) is 0 Å². The third-order valence-electron chi connectivity index (χ3n) is 4.94. The van der Waals surface area contributed by atoms with E-state index in [0.717, 1.165) is 0 Å². The lowest BCUT2D eigenvalue weighted by Gasteiger charge is -2.28. The first kappa shape index (κ1) is 20.7. The fourth-order valence-electron chi connectivity index (χ4n) is 3.66. The Balaban J connectivity index is 2.03. The Bertz CT molecular complexity index is 1190. The first-order chi connectivity index (χ1) is 14.8. The standard InChI is InChI=1S/C19H18N4O7S/c1-4-31-19-21-16-15(17(24)22-19)14(13(8(2)20-16)18(25)28-3)9-5-11-12(30-7-29-11)6-10(9)23(26)27/h5-6,14H,4,7H2,1-3H3,(H2,20,21,22,24). The molecule has 3 heterocycles. The van der Waals surface area contributed by atoms with Gasteiger partial charge in [-0.15, -0.1) is 0 Å². The van der Waals surface area contributed by atoms with E-state index < -0.39 is 22.4 Å². The predicted molar refractivity (Wildman–Crippen MR) is 111 cm³/mol. The van der Waals surface area contributed by atoms with Crippen molar-refractivity contribution in [2.24, 2.45) is 0 Å². The topological polar surface area (TPSA) is 146 Å². The number of carbonyl (C=O) groups is 1. The Labute approximate surface area is 180 Å². The molecule has 0 spiro atoms. The fourth-order valence-corrected chi connectivity index (χ4v) is 4.26. The second-order valence-electron chi connectivity index (χ2n) is 6.68. The van der Waals surface area contributed by atoms with E-state index in [1.807, 2.05) is 6.92 Å². The number of thioether (sulfide) groups is 1. The minimum Gasteiger partial charge on any atom is -0.466 e. The molecule has 2 aromatic rings. The van der Waals surface area contributed by atoms with E-state index in [0.29, 0.717) is 16.6 Å². The van der Waals surface area contributed by atoms with Crippen LogP contribution in [0.5, 0.6) is 11.5 Å². The molecule has 0 fully saturated rings. The van der Waals surface area contributed by atoms with Crippen LogP contribution in [0, 0.1) is 10.1 Å². The lowest BCUT2D eigenvalue weighted by atomic mass is 9.81. The molecular formula is C19H18N4O7S. The summed E-state index contributed by atoms with van der Waals surface area (Å²) < 4.78 is 15.6. The number of rotatable bonds is 5. The summed E-state index contributed by atoms with van der Waals surface area (Å²) in [5, 5.41) is 15.3. The molecule has 31 heavy (non-hydrogen) atoms. The van der Waals surface area contributed by atoms with Gasteiger partial charge in [-0.3, -0.25) is 14.9 Å². The van der Waals surface area contributed by atoms with Gasteiger partial charge in [0.25, 0.3) is 11.2 Å². The Morgan fingerprint density at radius 3 is 2.74 bits per heavy atom. The van der Waals surface area contributed by atoms with Crippen LogP contribution in [0.1, 0.15) is 30.9 Å². The fraction of sp³-hybridized carbons (Fsp3) is 0.316. The zero-order valence-electron chi connectivity index (χ0n) is 16.8. The van der Waals surface area contributed by atoms with Crippen LogP contribution in [-0.2, 0) is 9.53 Å². The van der Waals surface area contributed by atoms with Gasteiger partial charge in [0.15, 0.2) is 16.7 Å². The van der Waals surface area contributed by atoms with Crippen molar-refractivity contribution in [1.29, 1.82) is 0 Å². The average Bonchev–Trinajstić information content (AvgIpc) is 3.19. The first-order valence-corrected chi connectivity index (χ1v) is 10.2. The van der Waals surface area contributed by atoms with Crippen LogP contribution in [0.4, 0.5) is 11.5 Å².